The molecule has 2 rings (SSSR count). The van der Waals surface area contributed by atoms with Gasteiger partial charge in [0.2, 0.25) is 0 Å². The Balaban J connectivity index is 2.78. The second-order valence-corrected chi connectivity index (χ2v) is 3.93. The van der Waals surface area contributed by atoms with Gasteiger partial charge in [-0.3, -0.25) is 0 Å². The first-order valence-corrected chi connectivity index (χ1v) is 5.23. The van der Waals surface area contributed by atoms with Crippen LogP contribution in [0.1, 0.15) is 0 Å². The predicted octanol–water partition coefficient (Wildman–Crippen LogP) is 0.771. The van der Waals surface area contributed by atoms with Crippen molar-refractivity contribution in [2.24, 2.45) is 0 Å². The van der Waals surface area contributed by atoms with E-state index in [1.54, 1.807) is 12.5 Å². The minimum absolute atomic E-state index is 0.723. The Morgan fingerprint density at radius 1 is 1.38 bits per heavy atom. The highest BCUT2D eigenvalue weighted by Crippen LogP contribution is 2.08. The van der Waals surface area contributed by atoms with Crippen LogP contribution in [-0.4, -0.2) is 17.0 Å². The molecule has 1 unspecified atom stereocenters. The van der Waals surface area contributed by atoms with Gasteiger partial charge in [-0.1, -0.05) is 12.1 Å². The fourth-order valence-corrected chi connectivity index (χ4v) is 2.15. The molecule has 0 bridgehead atoms. The molecule has 1 aromatic carbocycles. The number of hydrogen-bond donors (Lipinski definition) is 1. The van der Waals surface area contributed by atoms with Crippen molar-refractivity contribution >= 4 is 27.6 Å². The first-order valence-electron chi connectivity index (χ1n) is 3.92. The fourth-order valence-electron chi connectivity index (χ4n) is 1.33. The van der Waals surface area contributed by atoms with Crippen molar-refractivity contribution in [3.05, 3.63) is 28.6 Å². The van der Waals surface area contributed by atoms with Crippen molar-refractivity contribution in [1.29, 1.82) is 0 Å². The van der Waals surface area contributed by atoms with Gasteiger partial charge < -0.3 is 9.29 Å². The van der Waals surface area contributed by atoms with Crippen molar-refractivity contribution in [2.75, 3.05) is 7.11 Å². The Bertz CT molecular complexity index is 474. The van der Waals surface area contributed by atoms with Crippen LogP contribution in [0.3, 0.4) is 0 Å². The summed E-state index contributed by atoms with van der Waals surface area (Å²) in [6, 6.07) is 5.81. The predicted molar refractivity (Wildman–Crippen MR) is 57.5 cm³/mol. The summed E-state index contributed by atoms with van der Waals surface area (Å²) >= 11 is 0. The molecule has 1 aromatic rings. The molecule has 0 aromatic heterocycles. The molecule has 13 heavy (non-hydrogen) atoms. The van der Waals surface area contributed by atoms with Crippen LogP contribution in [0.4, 0.5) is 0 Å². The molecule has 0 spiro atoms. The molecular weight excluding hydrogens is 184 g/mol. The lowest BCUT2D eigenvalue weighted by Crippen LogP contribution is -2.27. The van der Waals surface area contributed by atoms with E-state index in [9.17, 15) is 4.55 Å². The van der Waals surface area contributed by atoms with E-state index in [0.29, 0.717) is 0 Å². The summed E-state index contributed by atoms with van der Waals surface area (Å²) in [6.45, 7) is 0. The number of benzene rings is 1. The largest absolute Gasteiger partial charge is 0.496 e. The molecule has 1 aliphatic heterocycles. The summed E-state index contributed by atoms with van der Waals surface area (Å²) in [7, 11) is 0.927. The topological polar surface area (TPSA) is 29.5 Å². The van der Waals surface area contributed by atoms with Crippen LogP contribution in [0.2, 0.25) is 0 Å². The average Bonchev–Trinajstić information content (AvgIpc) is 2.16. The van der Waals surface area contributed by atoms with Gasteiger partial charge in [0.05, 0.1) is 7.11 Å². The van der Waals surface area contributed by atoms with E-state index in [1.165, 1.54) is 0 Å². The minimum Gasteiger partial charge on any atom is -0.496 e. The van der Waals surface area contributed by atoms with Gasteiger partial charge in [0.25, 0.3) is 0 Å². The summed E-state index contributed by atoms with van der Waals surface area (Å²) in [5.74, 6) is 0.849. The van der Waals surface area contributed by atoms with E-state index in [-0.39, 0.29) is 0 Å². The molecule has 1 heterocycles. The first-order chi connectivity index (χ1) is 6.31. The molecule has 1 atom stereocenters. The van der Waals surface area contributed by atoms with Gasteiger partial charge in [-0.05, 0) is 38.9 Å². The third-order valence-corrected chi connectivity index (χ3v) is 2.85. The molecule has 0 radical (unpaired) electrons. The third-order valence-electron chi connectivity index (χ3n) is 1.94. The highest BCUT2D eigenvalue weighted by Gasteiger charge is 1.98. The Morgan fingerprint density at radius 2 is 2.23 bits per heavy atom. The first kappa shape index (κ1) is 8.53. The number of ether oxygens (including phenoxy) is 1. The van der Waals surface area contributed by atoms with Gasteiger partial charge in [-0.15, -0.1) is 0 Å². The number of hydrogen-bond acceptors (Lipinski definition) is 2. The number of methoxy groups -OCH3 is 1. The zero-order valence-electron chi connectivity index (χ0n) is 7.23. The van der Waals surface area contributed by atoms with Gasteiger partial charge in [-0.25, -0.2) is 0 Å². The van der Waals surface area contributed by atoms with Crippen LogP contribution < -0.4 is 15.2 Å². The van der Waals surface area contributed by atoms with Crippen LogP contribution >= 0.6 is 10.8 Å². The maximum Gasteiger partial charge on any atom is 0.126 e. The molecule has 0 aliphatic carbocycles. The third kappa shape index (κ3) is 1.53. The summed E-state index contributed by atoms with van der Waals surface area (Å²) in [6.07, 6.45) is 1.90. The average molecular weight is 194 g/mol. The maximum absolute atomic E-state index is 9.36. The van der Waals surface area contributed by atoms with Crippen molar-refractivity contribution in [3.63, 3.8) is 0 Å². The summed E-state index contributed by atoms with van der Waals surface area (Å²) in [4.78, 5) is 0. The van der Waals surface area contributed by atoms with E-state index < -0.39 is 10.8 Å². The van der Waals surface area contributed by atoms with Crippen LogP contribution in [0.25, 0.3) is 11.5 Å². The lowest BCUT2D eigenvalue weighted by molar-refractivity contribution is 0.411. The Kier molecular flexibility index (Phi) is 2.20. The Hall–Kier alpha value is -1.06. The Labute approximate surface area is 78.9 Å². The second-order valence-electron chi connectivity index (χ2n) is 2.73. The SMILES string of the molecule is COc1cccc2c1=CC=S(O)C=2. The zero-order chi connectivity index (χ0) is 9.26. The summed E-state index contributed by atoms with van der Waals surface area (Å²) in [5.41, 5.74) is 0. The van der Waals surface area contributed by atoms with E-state index in [2.05, 4.69) is 0 Å². The molecular formula is C10H10O2S. The van der Waals surface area contributed by atoms with E-state index in [1.807, 2.05) is 29.7 Å². The van der Waals surface area contributed by atoms with Crippen LogP contribution in [0.15, 0.2) is 18.2 Å². The maximum atomic E-state index is 9.36. The zero-order valence-corrected chi connectivity index (χ0v) is 8.04. The van der Waals surface area contributed by atoms with Crippen molar-refractivity contribution in [1.82, 2.24) is 0 Å². The molecule has 1 N–H and O–H groups in total. The summed E-state index contributed by atoms with van der Waals surface area (Å²) < 4.78 is 14.6. The minimum atomic E-state index is -0.723. The molecule has 0 fully saturated rings. The molecule has 0 amide bonds. The molecule has 0 saturated heterocycles. The van der Waals surface area contributed by atoms with Gasteiger partial charge >= 0.3 is 0 Å². The van der Waals surface area contributed by atoms with E-state index >= 15 is 0 Å². The molecule has 68 valence electrons. The quantitative estimate of drug-likeness (QED) is 0.669. The van der Waals surface area contributed by atoms with Gasteiger partial charge in [0, 0.05) is 5.22 Å². The molecule has 2 nitrogen and oxygen atoms in total. The fraction of sp³-hybridized carbons (Fsp3) is 0.100. The van der Waals surface area contributed by atoms with Crippen LogP contribution in [-0.2, 0) is 0 Å². The number of fused-ring (bicyclic) bond motifs is 1. The number of rotatable bonds is 1. The van der Waals surface area contributed by atoms with Gasteiger partial charge in [0.15, 0.2) is 0 Å². The van der Waals surface area contributed by atoms with E-state index in [0.717, 1.165) is 16.2 Å². The lowest BCUT2D eigenvalue weighted by atomic mass is 10.2. The monoisotopic (exact) mass is 194 g/mol. The normalized spacial score (nSPS) is 19.1. The Morgan fingerprint density at radius 3 is 3.00 bits per heavy atom. The standard InChI is InChI=1S/C10H10O2S/c1-12-10-4-2-3-8-7-13(11)6-5-9(8)10/h2-7,11H,1H3. The molecule has 0 saturated carbocycles. The smallest absolute Gasteiger partial charge is 0.126 e. The highest BCUT2D eigenvalue weighted by atomic mass is 32.2. The van der Waals surface area contributed by atoms with E-state index in [4.69, 9.17) is 4.74 Å². The lowest BCUT2D eigenvalue weighted by Gasteiger charge is -2.04. The molecule has 3 heteroatoms. The summed E-state index contributed by atoms with van der Waals surface area (Å²) in [5, 5.41) is 5.68. The van der Waals surface area contributed by atoms with Crippen molar-refractivity contribution in [2.45, 2.75) is 0 Å². The molecule has 1 aliphatic rings. The van der Waals surface area contributed by atoms with Gasteiger partial charge in [0.1, 0.15) is 5.75 Å². The van der Waals surface area contributed by atoms with Crippen LogP contribution in [0, 0.1) is 0 Å². The second kappa shape index (κ2) is 3.36. The van der Waals surface area contributed by atoms with Crippen LogP contribution in [0.5, 0.6) is 5.75 Å². The van der Waals surface area contributed by atoms with Gasteiger partial charge in [-0.2, -0.15) is 0 Å². The highest BCUT2D eigenvalue weighted by molar-refractivity contribution is 8.17. The van der Waals surface area contributed by atoms with Crippen molar-refractivity contribution < 1.29 is 9.29 Å². The van der Waals surface area contributed by atoms with Crippen molar-refractivity contribution in [3.8, 4) is 5.75 Å².